The smallest absolute Gasteiger partial charge is 0.303 e. The topological polar surface area (TPSA) is 77.9 Å². The molecule has 0 aromatic carbocycles. The summed E-state index contributed by atoms with van der Waals surface area (Å²) >= 11 is 0. The lowest BCUT2D eigenvalue weighted by molar-refractivity contribution is -0.139. The van der Waals surface area contributed by atoms with Gasteiger partial charge < -0.3 is 14.9 Å². The molecule has 3 aliphatic rings. The van der Waals surface area contributed by atoms with Crippen molar-refractivity contribution in [3.63, 3.8) is 0 Å². The molecule has 128 valence electrons. The van der Waals surface area contributed by atoms with Crippen LogP contribution in [0.15, 0.2) is 0 Å². The van der Waals surface area contributed by atoms with Gasteiger partial charge in [0.2, 0.25) is 11.8 Å². The molecular formula is C17H26N2O4. The van der Waals surface area contributed by atoms with Crippen molar-refractivity contribution in [1.82, 2.24) is 9.80 Å². The number of carboxylic acids is 1. The maximum absolute atomic E-state index is 12.7. The standard InChI is InChI=1S/C17H26N2O4/c20-15-10-13(11-19(15)14-3-1-2-4-14)17(23)18-7-5-12(6-8-18)9-16(21)22/h12-14H,1-11H2,(H,21,22). The summed E-state index contributed by atoms with van der Waals surface area (Å²) < 4.78 is 0. The van der Waals surface area contributed by atoms with Crippen LogP contribution >= 0.6 is 0 Å². The number of amides is 2. The summed E-state index contributed by atoms with van der Waals surface area (Å²) in [6, 6.07) is 0.349. The molecule has 2 saturated heterocycles. The molecule has 1 aliphatic carbocycles. The van der Waals surface area contributed by atoms with Gasteiger partial charge in [0.1, 0.15) is 0 Å². The minimum atomic E-state index is -0.761. The van der Waals surface area contributed by atoms with Crippen LogP contribution in [0, 0.1) is 11.8 Å². The van der Waals surface area contributed by atoms with Crippen LogP contribution < -0.4 is 0 Å². The van der Waals surface area contributed by atoms with E-state index in [9.17, 15) is 14.4 Å². The van der Waals surface area contributed by atoms with Crippen LogP contribution in [0.1, 0.15) is 51.4 Å². The van der Waals surface area contributed by atoms with Gasteiger partial charge in [-0.25, -0.2) is 0 Å². The van der Waals surface area contributed by atoms with E-state index in [0.29, 0.717) is 32.1 Å². The third-order valence-corrected chi connectivity index (χ3v) is 5.66. The van der Waals surface area contributed by atoms with E-state index in [0.717, 1.165) is 25.7 Å². The molecule has 1 saturated carbocycles. The van der Waals surface area contributed by atoms with E-state index in [1.807, 2.05) is 9.80 Å². The van der Waals surface area contributed by atoms with Gasteiger partial charge in [-0.2, -0.15) is 0 Å². The molecule has 1 unspecified atom stereocenters. The highest BCUT2D eigenvalue weighted by atomic mass is 16.4. The molecule has 0 aromatic rings. The molecule has 2 amide bonds. The van der Waals surface area contributed by atoms with Crippen LogP contribution in [0.25, 0.3) is 0 Å². The largest absolute Gasteiger partial charge is 0.481 e. The van der Waals surface area contributed by atoms with Crippen LogP contribution in [0.2, 0.25) is 0 Å². The molecule has 0 spiro atoms. The maximum Gasteiger partial charge on any atom is 0.303 e. The Morgan fingerprint density at radius 3 is 2.35 bits per heavy atom. The van der Waals surface area contributed by atoms with Gasteiger partial charge >= 0.3 is 5.97 Å². The number of likely N-dealkylation sites (tertiary alicyclic amines) is 2. The van der Waals surface area contributed by atoms with Crippen molar-refractivity contribution in [1.29, 1.82) is 0 Å². The number of carbonyl (C=O) groups excluding carboxylic acids is 2. The molecule has 0 aromatic heterocycles. The maximum atomic E-state index is 12.7. The highest BCUT2D eigenvalue weighted by molar-refractivity contribution is 5.89. The Labute approximate surface area is 136 Å². The summed E-state index contributed by atoms with van der Waals surface area (Å²) in [7, 11) is 0. The zero-order chi connectivity index (χ0) is 16.4. The predicted octanol–water partition coefficient (Wildman–Crippen LogP) is 1.49. The Kier molecular flexibility index (Phi) is 4.87. The summed E-state index contributed by atoms with van der Waals surface area (Å²) in [5.74, 6) is -0.553. The fraction of sp³-hybridized carbons (Fsp3) is 0.824. The zero-order valence-electron chi connectivity index (χ0n) is 13.6. The third-order valence-electron chi connectivity index (χ3n) is 5.66. The quantitative estimate of drug-likeness (QED) is 0.850. The van der Waals surface area contributed by atoms with E-state index < -0.39 is 5.97 Å². The summed E-state index contributed by atoms with van der Waals surface area (Å²) in [5.41, 5.74) is 0. The molecule has 3 fully saturated rings. The highest BCUT2D eigenvalue weighted by Crippen LogP contribution is 2.31. The summed E-state index contributed by atoms with van der Waals surface area (Å²) in [6.07, 6.45) is 6.58. The molecule has 3 rings (SSSR count). The van der Waals surface area contributed by atoms with Crippen LogP contribution in [0.3, 0.4) is 0 Å². The van der Waals surface area contributed by atoms with Gasteiger partial charge in [-0.1, -0.05) is 12.8 Å². The average molecular weight is 322 g/mol. The van der Waals surface area contributed by atoms with Crippen molar-refractivity contribution in [3.05, 3.63) is 0 Å². The van der Waals surface area contributed by atoms with E-state index >= 15 is 0 Å². The Balaban J connectivity index is 1.51. The van der Waals surface area contributed by atoms with Crippen LogP contribution in [-0.2, 0) is 14.4 Å². The predicted molar refractivity (Wildman–Crippen MR) is 83.6 cm³/mol. The van der Waals surface area contributed by atoms with Gasteiger partial charge in [-0.15, -0.1) is 0 Å². The lowest BCUT2D eigenvalue weighted by Gasteiger charge is -2.33. The van der Waals surface area contributed by atoms with Crippen LogP contribution in [-0.4, -0.2) is 58.4 Å². The van der Waals surface area contributed by atoms with E-state index in [2.05, 4.69) is 0 Å². The van der Waals surface area contributed by atoms with Crippen molar-refractivity contribution in [2.45, 2.75) is 57.4 Å². The first-order valence-corrected chi connectivity index (χ1v) is 8.84. The first-order chi connectivity index (χ1) is 11.0. The van der Waals surface area contributed by atoms with Crippen molar-refractivity contribution in [3.8, 4) is 0 Å². The number of aliphatic carboxylic acids is 1. The molecule has 2 heterocycles. The fourth-order valence-corrected chi connectivity index (χ4v) is 4.33. The van der Waals surface area contributed by atoms with E-state index in [1.54, 1.807) is 0 Å². The second-order valence-corrected chi connectivity index (χ2v) is 7.25. The monoisotopic (exact) mass is 322 g/mol. The Morgan fingerprint density at radius 2 is 1.74 bits per heavy atom. The molecule has 0 radical (unpaired) electrons. The second-order valence-electron chi connectivity index (χ2n) is 7.25. The van der Waals surface area contributed by atoms with Crippen molar-refractivity contribution >= 4 is 17.8 Å². The molecule has 6 nitrogen and oxygen atoms in total. The first kappa shape index (κ1) is 16.3. The average Bonchev–Trinajstić information content (AvgIpc) is 3.16. The minimum absolute atomic E-state index is 0.0904. The van der Waals surface area contributed by atoms with Gasteiger partial charge in [0, 0.05) is 38.5 Å². The summed E-state index contributed by atoms with van der Waals surface area (Å²) in [5, 5.41) is 8.85. The fourth-order valence-electron chi connectivity index (χ4n) is 4.33. The van der Waals surface area contributed by atoms with Gasteiger partial charge in [0.05, 0.1) is 5.92 Å². The summed E-state index contributed by atoms with van der Waals surface area (Å²) in [4.78, 5) is 39.4. The SMILES string of the molecule is O=C(O)CC1CCN(C(=O)C2CC(=O)N(C3CCCC3)C2)CC1. The molecule has 2 aliphatic heterocycles. The van der Waals surface area contributed by atoms with Gasteiger partial charge in [-0.05, 0) is 31.6 Å². The molecule has 6 heteroatoms. The van der Waals surface area contributed by atoms with Crippen molar-refractivity contribution in [2.75, 3.05) is 19.6 Å². The number of hydrogen-bond acceptors (Lipinski definition) is 3. The Hall–Kier alpha value is -1.59. The number of rotatable bonds is 4. The van der Waals surface area contributed by atoms with Gasteiger partial charge in [0.25, 0.3) is 0 Å². The first-order valence-electron chi connectivity index (χ1n) is 8.84. The molecule has 23 heavy (non-hydrogen) atoms. The lowest BCUT2D eigenvalue weighted by atomic mass is 9.92. The van der Waals surface area contributed by atoms with Gasteiger partial charge in [-0.3, -0.25) is 14.4 Å². The van der Waals surface area contributed by atoms with Crippen LogP contribution in [0.5, 0.6) is 0 Å². The minimum Gasteiger partial charge on any atom is -0.481 e. The Morgan fingerprint density at radius 1 is 1.09 bits per heavy atom. The number of carbonyl (C=O) groups is 3. The normalized spacial score (nSPS) is 27.0. The van der Waals surface area contributed by atoms with Crippen molar-refractivity contribution in [2.24, 2.45) is 11.8 Å². The van der Waals surface area contributed by atoms with Gasteiger partial charge in [0.15, 0.2) is 0 Å². The number of hydrogen-bond donors (Lipinski definition) is 1. The van der Waals surface area contributed by atoms with E-state index in [4.69, 9.17) is 5.11 Å². The van der Waals surface area contributed by atoms with E-state index in [1.165, 1.54) is 12.8 Å². The molecule has 0 bridgehead atoms. The van der Waals surface area contributed by atoms with Crippen LogP contribution in [0.4, 0.5) is 0 Å². The van der Waals surface area contributed by atoms with E-state index in [-0.39, 0.29) is 30.1 Å². The summed E-state index contributed by atoms with van der Waals surface area (Å²) in [6.45, 7) is 1.84. The zero-order valence-corrected chi connectivity index (χ0v) is 13.6. The second kappa shape index (κ2) is 6.89. The lowest BCUT2D eigenvalue weighted by Crippen LogP contribution is -2.43. The Bertz CT molecular complexity index is 479. The highest BCUT2D eigenvalue weighted by Gasteiger charge is 2.40. The number of nitrogens with zero attached hydrogens (tertiary/aromatic N) is 2. The van der Waals surface area contributed by atoms with Crippen molar-refractivity contribution < 1.29 is 19.5 Å². The molecular weight excluding hydrogens is 296 g/mol. The third kappa shape index (κ3) is 3.67. The number of piperidine rings is 1. The molecule has 1 N–H and O–H groups in total. The molecule has 1 atom stereocenters. The number of carboxylic acid groups (broad SMARTS) is 1.